The molecule has 30 heavy (non-hydrogen) atoms. The molecular weight excluding hydrogens is 390 g/mol. The van der Waals surface area contributed by atoms with Gasteiger partial charge in [-0.3, -0.25) is 0 Å². The molecule has 6 nitrogen and oxygen atoms in total. The minimum Gasteiger partial charge on any atom is -0.489 e. The Morgan fingerprint density at radius 1 is 1.33 bits per heavy atom. The Labute approximate surface area is 174 Å². The van der Waals surface area contributed by atoms with Crippen molar-refractivity contribution in [2.45, 2.75) is 63.8 Å². The highest BCUT2D eigenvalue weighted by Crippen LogP contribution is 2.45. The van der Waals surface area contributed by atoms with E-state index in [4.69, 9.17) is 9.72 Å². The molecule has 1 saturated heterocycles. The van der Waals surface area contributed by atoms with Gasteiger partial charge in [0.2, 0.25) is 5.95 Å². The molecule has 1 aliphatic carbocycles. The number of anilines is 1. The van der Waals surface area contributed by atoms with Crippen LogP contribution in [0.3, 0.4) is 0 Å². The predicted octanol–water partition coefficient (Wildman–Crippen LogP) is 3.01. The maximum atomic E-state index is 14.6. The van der Waals surface area contributed by atoms with Crippen LogP contribution in [0.4, 0.5) is 14.7 Å². The quantitative estimate of drug-likeness (QED) is 0.802. The molecule has 0 radical (unpaired) electrons. The number of alkyl halides is 2. The molecule has 0 saturated carbocycles. The van der Waals surface area contributed by atoms with Gasteiger partial charge in [-0.25, -0.2) is 9.97 Å². The van der Waals surface area contributed by atoms with E-state index < -0.39 is 12.0 Å². The SMILES string of the molecule is CC[C@@H]1CNCc2ccc(-c3nc(N4C[C@@H](O)[C@@H]4C)nc4c3CCC4(F)F)cc2O1. The van der Waals surface area contributed by atoms with E-state index in [2.05, 4.69) is 17.2 Å². The van der Waals surface area contributed by atoms with Gasteiger partial charge in [-0.05, 0) is 25.8 Å². The number of rotatable bonds is 3. The van der Waals surface area contributed by atoms with Crippen molar-refractivity contribution in [3.63, 3.8) is 0 Å². The maximum absolute atomic E-state index is 14.6. The molecule has 0 spiro atoms. The molecule has 2 aliphatic heterocycles. The Morgan fingerprint density at radius 3 is 2.90 bits per heavy atom. The number of aliphatic hydroxyl groups excluding tert-OH is 1. The number of fused-ring (bicyclic) bond motifs is 2. The number of hydrogen-bond acceptors (Lipinski definition) is 6. The van der Waals surface area contributed by atoms with E-state index >= 15 is 0 Å². The van der Waals surface area contributed by atoms with Gasteiger partial charge in [-0.2, -0.15) is 8.78 Å². The van der Waals surface area contributed by atoms with Crippen LogP contribution < -0.4 is 15.0 Å². The topological polar surface area (TPSA) is 70.5 Å². The lowest BCUT2D eigenvalue weighted by Gasteiger charge is -2.43. The lowest BCUT2D eigenvalue weighted by Crippen LogP contribution is -2.59. The van der Waals surface area contributed by atoms with Crippen LogP contribution in [0.15, 0.2) is 18.2 Å². The monoisotopic (exact) mass is 416 g/mol. The lowest BCUT2D eigenvalue weighted by atomic mass is 10.0. The summed E-state index contributed by atoms with van der Waals surface area (Å²) < 4.78 is 35.4. The molecule has 0 bridgehead atoms. The number of aromatic nitrogens is 2. The van der Waals surface area contributed by atoms with E-state index in [0.717, 1.165) is 29.8 Å². The first-order valence-electron chi connectivity index (χ1n) is 10.6. The number of aliphatic hydroxyl groups is 1. The van der Waals surface area contributed by atoms with Crippen LogP contribution in [0.25, 0.3) is 11.3 Å². The third kappa shape index (κ3) is 3.13. The fraction of sp³-hybridized carbons (Fsp3) is 0.545. The zero-order chi connectivity index (χ0) is 21.0. The van der Waals surface area contributed by atoms with Crippen molar-refractivity contribution in [3.05, 3.63) is 35.0 Å². The van der Waals surface area contributed by atoms with E-state index in [9.17, 15) is 13.9 Å². The van der Waals surface area contributed by atoms with E-state index in [0.29, 0.717) is 24.3 Å². The predicted molar refractivity (Wildman–Crippen MR) is 109 cm³/mol. The van der Waals surface area contributed by atoms with Crippen LogP contribution in [0.1, 0.15) is 43.5 Å². The molecule has 3 atom stereocenters. The number of nitrogens with zero attached hydrogens (tertiary/aromatic N) is 3. The number of β-amino-alcohol motifs (C(OH)–C–C–N with tert-alkyl or cyclic N) is 1. The number of benzene rings is 1. The third-order valence-electron chi connectivity index (χ3n) is 6.50. The second kappa shape index (κ2) is 7.13. The molecule has 1 aromatic carbocycles. The fourth-order valence-corrected chi connectivity index (χ4v) is 4.41. The van der Waals surface area contributed by atoms with E-state index in [1.54, 1.807) is 4.90 Å². The molecule has 0 unspecified atom stereocenters. The second-order valence-electron chi connectivity index (χ2n) is 8.47. The van der Waals surface area contributed by atoms with Gasteiger partial charge in [-0.15, -0.1) is 0 Å². The number of ether oxygens (including phenoxy) is 1. The molecule has 5 rings (SSSR count). The summed E-state index contributed by atoms with van der Waals surface area (Å²) in [5, 5.41) is 13.3. The van der Waals surface area contributed by atoms with Crippen molar-refractivity contribution < 1.29 is 18.6 Å². The van der Waals surface area contributed by atoms with Crippen LogP contribution in [-0.2, 0) is 18.9 Å². The Bertz CT molecular complexity index is 984. The number of nitrogens with one attached hydrogen (secondary N) is 1. The van der Waals surface area contributed by atoms with E-state index in [1.165, 1.54) is 0 Å². The largest absolute Gasteiger partial charge is 0.489 e. The lowest BCUT2D eigenvalue weighted by molar-refractivity contribution is -0.00603. The minimum atomic E-state index is -2.96. The van der Waals surface area contributed by atoms with Gasteiger partial charge in [0.15, 0.2) is 0 Å². The summed E-state index contributed by atoms with van der Waals surface area (Å²) in [6.07, 6.45) is 0.443. The van der Waals surface area contributed by atoms with Gasteiger partial charge in [0, 0.05) is 42.7 Å². The maximum Gasteiger partial charge on any atom is 0.290 e. The first kappa shape index (κ1) is 19.6. The first-order valence-corrected chi connectivity index (χ1v) is 10.6. The third-order valence-corrected chi connectivity index (χ3v) is 6.50. The van der Waals surface area contributed by atoms with Crippen molar-refractivity contribution in [1.29, 1.82) is 0 Å². The second-order valence-corrected chi connectivity index (χ2v) is 8.47. The Morgan fingerprint density at radius 2 is 2.17 bits per heavy atom. The summed E-state index contributed by atoms with van der Waals surface area (Å²) in [5.74, 6) is -1.93. The molecule has 3 heterocycles. The van der Waals surface area contributed by atoms with Gasteiger partial charge < -0.3 is 20.1 Å². The van der Waals surface area contributed by atoms with Gasteiger partial charge in [0.05, 0.1) is 17.8 Å². The highest BCUT2D eigenvalue weighted by atomic mass is 19.3. The molecule has 1 fully saturated rings. The number of halogens is 2. The Kier molecular flexibility index (Phi) is 4.67. The normalized spacial score (nSPS) is 27.0. The molecule has 160 valence electrons. The van der Waals surface area contributed by atoms with Gasteiger partial charge in [0.1, 0.15) is 17.5 Å². The minimum absolute atomic E-state index is 0.0703. The molecular formula is C22H26F2N4O2. The smallest absolute Gasteiger partial charge is 0.290 e. The summed E-state index contributed by atoms with van der Waals surface area (Å²) in [6, 6.07) is 5.63. The molecule has 3 aliphatic rings. The van der Waals surface area contributed by atoms with Crippen molar-refractivity contribution in [2.75, 3.05) is 18.0 Å². The summed E-state index contributed by atoms with van der Waals surface area (Å²) in [5.41, 5.74) is 2.68. The average molecular weight is 416 g/mol. The zero-order valence-corrected chi connectivity index (χ0v) is 17.2. The average Bonchev–Trinajstić information content (AvgIpc) is 2.92. The summed E-state index contributed by atoms with van der Waals surface area (Å²) >= 11 is 0. The molecule has 8 heteroatoms. The first-order chi connectivity index (χ1) is 14.4. The highest BCUT2D eigenvalue weighted by Gasteiger charge is 2.45. The summed E-state index contributed by atoms with van der Waals surface area (Å²) in [7, 11) is 0. The van der Waals surface area contributed by atoms with Crippen LogP contribution in [-0.4, -0.2) is 46.4 Å². The van der Waals surface area contributed by atoms with Gasteiger partial charge >= 0.3 is 0 Å². The van der Waals surface area contributed by atoms with Crippen molar-refractivity contribution >= 4 is 5.95 Å². The summed E-state index contributed by atoms with van der Waals surface area (Å²) in [6.45, 7) is 5.75. The molecule has 2 aromatic rings. The van der Waals surface area contributed by atoms with Crippen LogP contribution in [0, 0.1) is 0 Å². The van der Waals surface area contributed by atoms with E-state index in [-0.39, 0.29) is 36.6 Å². The van der Waals surface area contributed by atoms with Crippen molar-refractivity contribution in [3.8, 4) is 17.0 Å². The van der Waals surface area contributed by atoms with Gasteiger partial charge in [0.25, 0.3) is 5.92 Å². The van der Waals surface area contributed by atoms with Crippen LogP contribution >= 0.6 is 0 Å². The Hall–Kier alpha value is -2.32. The van der Waals surface area contributed by atoms with Crippen LogP contribution in [0.5, 0.6) is 5.75 Å². The molecule has 0 amide bonds. The number of hydrogen-bond donors (Lipinski definition) is 2. The molecule has 1 aromatic heterocycles. The van der Waals surface area contributed by atoms with E-state index in [1.807, 2.05) is 25.1 Å². The van der Waals surface area contributed by atoms with Gasteiger partial charge in [-0.1, -0.05) is 19.1 Å². The standard InChI is InChI=1S/C22H26F2N4O2/c1-3-15-10-25-9-14-5-4-13(8-18(14)30-15)19-16-6-7-22(23,24)20(16)27-21(26-19)28-11-17(29)12(28)2/h4-5,8,12,15,17,25,29H,3,6-7,9-11H2,1-2H3/t12-,15+,17+/m0/s1. The van der Waals surface area contributed by atoms with Crippen LogP contribution in [0.2, 0.25) is 0 Å². The molecule has 2 N–H and O–H groups in total. The fourth-order valence-electron chi connectivity index (χ4n) is 4.41. The summed E-state index contributed by atoms with van der Waals surface area (Å²) in [4.78, 5) is 10.7. The van der Waals surface area contributed by atoms with Crippen molar-refractivity contribution in [1.82, 2.24) is 15.3 Å². The Balaban J connectivity index is 1.61. The zero-order valence-electron chi connectivity index (χ0n) is 17.2. The van der Waals surface area contributed by atoms with Crippen molar-refractivity contribution in [2.24, 2.45) is 0 Å². The highest BCUT2D eigenvalue weighted by molar-refractivity contribution is 5.69.